The van der Waals surface area contributed by atoms with Crippen LogP contribution in [0.25, 0.3) is 10.1 Å². The molecule has 1 aliphatic rings. The van der Waals surface area contributed by atoms with Gasteiger partial charge in [0.15, 0.2) is 0 Å². The maximum absolute atomic E-state index is 10.3. The Kier molecular flexibility index (Phi) is 4.16. The summed E-state index contributed by atoms with van der Waals surface area (Å²) >= 11 is 1.72. The fourth-order valence-corrected chi connectivity index (χ4v) is 3.83. The van der Waals surface area contributed by atoms with E-state index in [2.05, 4.69) is 17.5 Å². The fraction of sp³-hybridized carbons (Fsp3) is 0.500. The van der Waals surface area contributed by atoms with E-state index in [0.717, 1.165) is 31.4 Å². The van der Waals surface area contributed by atoms with Crippen molar-refractivity contribution in [3.63, 3.8) is 0 Å². The van der Waals surface area contributed by atoms with Gasteiger partial charge in [0, 0.05) is 11.3 Å². The maximum Gasteiger partial charge on any atom is 0.0804 e. The van der Waals surface area contributed by atoms with Gasteiger partial charge in [0.05, 0.1) is 12.2 Å². The molecule has 2 nitrogen and oxygen atoms in total. The molecular formula is C16H20O2S. The van der Waals surface area contributed by atoms with Gasteiger partial charge < -0.3 is 9.84 Å². The second kappa shape index (κ2) is 6.04. The molecule has 2 atom stereocenters. The zero-order chi connectivity index (χ0) is 13.1. The van der Waals surface area contributed by atoms with Gasteiger partial charge in [-0.05, 0) is 54.5 Å². The average Bonchev–Trinajstić information content (AvgIpc) is 3.07. The Hall–Kier alpha value is -0.900. The molecule has 1 N–H and O–H groups in total. The molecule has 0 aliphatic carbocycles. The lowest BCUT2D eigenvalue weighted by Crippen LogP contribution is -2.05. The minimum absolute atomic E-state index is 0.336. The Bertz CT molecular complexity index is 528. The summed E-state index contributed by atoms with van der Waals surface area (Å²) in [4.78, 5) is 0. The first-order valence-electron chi connectivity index (χ1n) is 7.10. The molecule has 0 amide bonds. The first-order chi connectivity index (χ1) is 9.34. The molecular weight excluding hydrogens is 256 g/mol. The standard InChI is InChI=1S/C16H20O2S/c17-15(8-3-5-12-6-4-10-18-12)14-11-19-16-9-2-1-7-13(14)16/h1-2,7,9,11-12,15,17H,3-6,8,10H2. The van der Waals surface area contributed by atoms with E-state index in [0.29, 0.717) is 6.10 Å². The van der Waals surface area contributed by atoms with Crippen molar-refractivity contribution in [3.05, 3.63) is 35.2 Å². The average molecular weight is 276 g/mol. The van der Waals surface area contributed by atoms with Crippen LogP contribution in [0.1, 0.15) is 43.8 Å². The van der Waals surface area contributed by atoms with Crippen LogP contribution in [0.3, 0.4) is 0 Å². The maximum atomic E-state index is 10.3. The van der Waals surface area contributed by atoms with Crippen molar-refractivity contribution in [2.45, 2.75) is 44.3 Å². The van der Waals surface area contributed by atoms with Crippen LogP contribution in [-0.4, -0.2) is 17.8 Å². The quantitative estimate of drug-likeness (QED) is 0.883. The van der Waals surface area contributed by atoms with E-state index in [9.17, 15) is 5.11 Å². The number of aliphatic hydroxyl groups is 1. The van der Waals surface area contributed by atoms with E-state index < -0.39 is 0 Å². The van der Waals surface area contributed by atoms with E-state index >= 15 is 0 Å². The lowest BCUT2D eigenvalue weighted by atomic mass is 10.0. The van der Waals surface area contributed by atoms with Gasteiger partial charge in [0.25, 0.3) is 0 Å². The van der Waals surface area contributed by atoms with Crippen LogP contribution in [0.2, 0.25) is 0 Å². The molecule has 0 spiro atoms. The lowest BCUT2D eigenvalue weighted by molar-refractivity contribution is 0.0947. The monoisotopic (exact) mass is 276 g/mol. The van der Waals surface area contributed by atoms with Gasteiger partial charge in [-0.1, -0.05) is 18.2 Å². The predicted octanol–water partition coefficient (Wildman–Crippen LogP) is 4.28. The molecule has 0 saturated carbocycles. The van der Waals surface area contributed by atoms with Gasteiger partial charge in [0.2, 0.25) is 0 Å². The number of rotatable bonds is 5. The van der Waals surface area contributed by atoms with Crippen molar-refractivity contribution >= 4 is 21.4 Å². The van der Waals surface area contributed by atoms with Crippen LogP contribution in [0.5, 0.6) is 0 Å². The highest BCUT2D eigenvalue weighted by atomic mass is 32.1. The Balaban J connectivity index is 1.58. The van der Waals surface area contributed by atoms with Crippen LogP contribution in [-0.2, 0) is 4.74 Å². The summed E-state index contributed by atoms with van der Waals surface area (Å²) in [5.74, 6) is 0. The first-order valence-corrected chi connectivity index (χ1v) is 7.98. The van der Waals surface area contributed by atoms with Crippen LogP contribution in [0.4, 0.5) is 0 Å². The van der Waals surface area contributed by atoms with E-state index in [-0.39, 0.29) is 6.10 Å². The topological polar surface area (TPSA) is 29.5 Å². The Morgan fingerprint density at radius 1 is 1.37 bits per heavy atom. The minimum Gasteiger partial charge on any atom is -0.388 e. The second-order valence-electron chi connectivity index (χ2n) is 5.27. The van der Waals surface area contributed by atoms with E-state index in [1.807, 2.05) is 12.1 Å². The van der Waals surface area contributed by atoms with Crippen molar-refractivity contribution in [3.8, 4) is 0 Å². The van der Waals surface area contributed by atoms with Gasteiger partial charge in [-0.25, -0.2) is 0 Å². The Morgan fingerprint density at radius 2 is 2.26 bits per heavy atom. The molecule has 102 valence electrons. The number of thiophene rings is 1. The van der Waals surface area contributed by atoms with Crippen LogP contribution in [0.15, 0.2) is 29.6 Å². The summed E-state index contributed by atoms with van der Waals surface area (Å²) in [5, 5.41) is 13.7. The van der Waals surface area contributed by atoms with Crippen LogP contribution < -0.4 is 0 Å². The van der Waals surface area contributed by atoms with Gasteiger partial charge in [-0.2, -0.15) is 0 Å². The number of aliphatic hydroxyl groups excluding tert-OH is 1. The molecule has 1 fully saturated rings. The summed E-state index contributed by atoms with van der Waals surface area (Å²) in [6.07, 6.45) is 5.44. The summed E-state index contributed by atoms with van der Waals surface area (Å²) in [5.41, 5.74) is 1.09. The molecule has 0 radical (unpaired) electrons. The van der Waals surface area contributed by atoms with Crippen LogP contribution in [0, 0.1) is 0 Å². The third-order valence-corrected chi connectivity index (χ3v) is 4.88. The second-order valence-corrected chi connectivity index (χ2v) is 6.18. The lowest BCUT2D eigenvalue weighted by Gasteiger charge is -2.12. The largest absolute Gasteiger partial charge is 0.388 e. The zero-order valence-electron chi connectivity index (χ0n) is 11.0. The normalized spacial score (nSPS) is 21.0. The van der Waals surface area contributed by atoms with Gasteiger partial charge in [0.1, 0.15) is 0 Å². The summed E-state index contributed by atoms with van der Waals surface area (Å²) in [6.45, 7) is 0.919. The third-order valence-electron chi connectivity index (χ3n) is 3.90. The fourth-order valence-electron chi connectivity index (χ4n) is 2.82. The smallest absolute Gasteiger partial charge is 0.0804 e. The van der Waals surface area contributed by atoms with E-state index in [4.69, 9.17) is 4.74 Å². The molecule has 0 bridgehead atoms. The van der Waals surface area contributed by atoms with Crippen LogP contribution >= 0.6 is 11.3 Å². The van der Waals surface area contributed by atoms with E-state index in [1.54, 1.807) is 11.3 Å². The number of fused-ring (bicyclic) bond motifs is 1. The third kappa shape index (κ3) is 2.99. The van der Waals surface area contributed by atoms with Gasteiger partial charge >= 0.3 is 0 Å². The Morgan fingerprint density at radius 3 is 3.11 bits per heavy atom. The van der Waals surface area contributed by atoms with Gasteiger partial charge in [-0.3, -0.25) is 0 Å². The molecule has 3 rings (SSSR count). The predicted molar refractivity (Wildman–Crippen MR) is 79.6 cm³/mol. The van der Waals surface area contributed by atoms with Gasteiger partial charge in [-0.15, -0.1) is 11.3 Å². The number of benzene rings is 1. The molecule has 1 aliphatic heterocycles. The molecule has 2 aromatic rings. The number of hydrogen-bond donors (Lipinski definition) is 1. The SMILES string of the molecule is OC(CCCC1CCCO1)c1csc2ccccc12. The number of ether oxygens (including phenoxy) is 1. The summed E-state index contributed by atoms with van der Waals surface area (Å²) in [7, 11) is 0. The molecule has 2 heterocycles. The van der Waals surface area contributed by atoms with Crippen molar-refractivity contribution in [2.75, 3.05) is 6.61 Å². The molecule has 3 heteroatoms. The highest BCUT2D eigenvalue weighted by Gasteiger charge is 2.17. The summed E-state index contributed by atoms with van der Waals surface area (Å²) < 4.78 is 6.88. The molecule has 1 aromatic heterocycles. The van der Waals surface area contributed by atoms with Crippen molar-refractivity contribution < 1.29 is 9.84 Å². The zero-order valence-corrected chi connectivity index (χ0v) is 11.9. The minimum atomic E-state index is -0.336. The summed E-state index contributed by atoms with van der Waals surface area (Å²) in [6, 6.07) is 8.30. The van der Waals surface area contributed by atoms with Crippen molar-refractivity contribution in [1.29, 1.82) is 0 Å². The molecule has 19 heavy (non-hydrogen) atoms. The Labute approximate surface area is 118 Å². The molecule has 1 saturated heterocycles. The van der Waals surface area contributed by atoms with Crippen molar-refractivity contribution in [2.24, 2.45) is 0 Å². The van der Waals surface area contributed by atoms with E-state index in [1.165, 1.54) is 22.9 Å². The first kappa shape index (κ1) is 13.1. The van der Waals surface area contributed by atoms with Crippen molar-refractivity contribution in [1.82, 2.24) is 0 Å². The molecule has 1 aromatic carbocycles. The highest BCUT2D eigenvalue weighted by Crippen LogP contribution is 2.32. The highest BCUT2D eigenvalue weighted by molar-refractivity contribution is 7.17. The number of hydrogen-bond acceptors (Lipinski definition) is 3. The molecule has 2 unspecified atom stereocenters.